The maximum atomic E-state index is 13.1. The molecule has 0 fully saturated rings. The summed E-state index contributed by atoms with van der Waals surface area (Å²) >= 11 is 0. The number of amides is 1. The van der Waals surface area contributed by atoms with E-state index in [4.69, 9.17) is 9.47 Å². The molecular formula is C26H31NO5. The smallest absolute Gasteiger partial charge is 0.290 e. The Hall–Kier alpha value is -3.28. The highest BCUT2D eigenvalue weighted by molar-refractivity contribution is 6.09. The van der Waals surface area contributed by atoms with E-state index in [-0.39, 0.29) is 36.3 Å². The predicted molar refractivity (Wildman–Crippen MR) is 123 cm³/mol. The molecule has 1 unspecified atom stereocenters. The zero-order valence-corrected chi connectivity index (χ0v) is 19.3. The minimum Gasteiger partial charge on any atom is -0.503 e. The molecule has 1 aliphatic rings. The summed E-state index contributed by atoms with van der Waals surface area (Å²) in [7, 11) is 1.56. The van der Waals surface area contributed by atoms with E-state index in [0.29, 0.717) is 17.1 Å². The second-order valence-corrected chi connectivity index (χ2v) is 8.71. The number of aliphatic hydroxyl groups is 1. The van der Waals surface area contributed by atoms with E-state index in [1.54, 1.807) is 19.2 Å². The van der Waals surface area contributed by atoms with Crippen LogP contribution in [0.2, 0.25) is 0 Å². The molecule has 170 valence electrons. The number of ether oxygens (including phenoxy) is 2. The molecule has 6 heteroatoms. The number of ketones is 1. The molecule has 0 bridgehead atoms. The number of Topliss-reactive ketones (excluding diaryl/α,β-unsaturated/α-hetero) is 1. The molecular weight excluding hydrogens is 406 g/mol. The van der Waals surface area contributed by atoms with Crippen molar-refractivity contribution < 1.29 is 24.2 Å². The monoisotopic (exact) mass is 437 g/mol. The summed E-state index contributed by atoms with van der Waals surface area (Å²) in [6, 6.07) is 14.1. The van der Waals surface area contributed by atoms with Gasteiger partial charge in [-0.15, -0.1) is 0 Å². The van der Waals surface area contributed by atoms with Crippen LogP contribution < -0.4 is 9.47 Å². The first-order valence-electron chi connectivity index (χ1n) is 10.9. The van der Waals surface area contributed by atoms with Gasteiger partial charge in [0.1, 0.15) is 11.5 Å². The first-order chi connectivity index (χ1) is 15.2. The van der Waals surface area contributed by atoms with E-state index >= 15 is 0 Å². The highest BCUT2D eigenvalue weighted by atomic mass is 16.5. The van der Waals surface area contributed by atoms with E-state index in [0.717, 1.165) is 5.56 Å². The largest absolute Gasteiger partial charge is 0.503 e. The third-order valence-electron chi connectivity index (χ3n) is 5.23. The molecule has 32 heavy (non-hydrogen) atoms. The van der Waals surface area contributed by atoms with Gasteiger partial charge >= 0.3 is 0 Å². The van der Waals surface area contributed by atoms with Gasteiger partial charge in [-0.25, -0.2) is 0 Å². The second kappa shape index (κ2) is 9.90. The topological polar surface area (TPSA) is 76.1 Å². The summed E-state index contributed by atoms with van der Waals surface area (Å²) in [6.45, 7) is 7.99. The molecule has 1 N–H and O–H groups in total. The van der Waals surface area contributed by atoms with Crippen LogP contribution in [0.3, 0.4) is 0 Å². The maximum Gasteiger partial charge on any atom is 0.290 e. The molecule has 0 radical (unpaired) electrons. The zero-order chi connectivity index (χ0) is 23.4. The van der Waals surface area contributed by atoms with Crippen molar-refractivity contribution in [3.63, 3.8) is 0 Å². The number of hydrogen-bond donors (Lipinski definition) is 1. The normalized spacial score (nSPS) is 16.3. The number of carbonyl (C=O) groups excluding carboxylic acids is 2. The Morgan fingerprint density at radius 1 is 1.06 bits per heavy atom. The van der Waals surface area contributed by atoms with Gasteiger partial charge < -0.3 is 19.5 Å². The van der Waals surface area contributed by atoms with Crippen LogP contribution in [0.25, 0.3) is 0 Å². The molecule has 0 saturated heterocycles. The number of hydrogen-bond acceptors (Lipinski definition) is 5. The Balaban J connectivity index is 2.02. The maximum absolute atomic E-state index is 13.1. The SMILES string of the molecule is COc1cccc(C2C(C(=O)CC(C)C)=C(O)C(=O)N2Cc2cccc(OC(C)C)c2)c1. The van der Waals surface area contributed by atoms with Crippen molar-refractivity contribution in [3.8, 4) is 11.5 Å². The van der Waals surface area contributed by atoms with Crippen LogP contribution in [0.15, 0.2) is 59.9 Å². The Labute approximate surface area is 189 Å². The minimum absolute atomic E-state index is 0.0224. The molecule has 2 aromatic rings. The summed E-state index contributed by atoms with van der Waals surface area (Å²) in [5.74, 6) is 0.165. The molecule has 1 heterocycles. The number of carbonyl (C=O) groups is 2. The Morgan fingerprint density at radius 3 is 2.41 bits per heavy atom. The van der Waals surface area contributed by atoms with E-state index in [9.17, 15) is 14.7 Å². The Morgan fingerprint density at radius 2 is 1.75 bits per heavy atom. The van der Waals surface area contributed by atoms with Crippen molar-refractivity contribution in [2.24, 2.45) is 5.92 Å². The second-order valence-electron chi connectivity index (χ2n) is 8.71. The minimum atomic E-state index is -0.696. The fourth-order valence-corrected chi connectivity index (χ4v) is 3.93. The van der Waals surface area contributed by atoms with Crippen LogP contribution in [0.5, 0.6) is 11.5 Å². The van der Waals surface area contributed by atoms with Crippen molar-refractivity contribution >= 4 is 11.7 Å². The van der Waals surface area contributed by atoms with Crippen LogP contribution in [0.4, 0.5) is 0 Å². The summed E-state index contributed by atoms with van der Waals surface area (Å²) in [5, 5.41) is 10.7. The van der Waals surface area contributed by atoms with Crippen LogP contribution in [0.1, 0.15) is 51.3 Å². The van der Waals surface area contributed by atoms with E-state index < -0.39 is 17.7 Å². The number of benzene rings is 2. The van der Waals surface area contributed by atoms with Crippen LogP contribution in [0, 0.1) is 5.92 Å². The number of methoxy groups -OCH3 is 1. The zero-order valence-electron chi connectivity index (χ0n) is 19.3. The van der Waals surface area contributed by atoms with Gasteiger partial charge in [0, 0.05) is 13.0 Å². The van der Waals surface area contributed by atoms with Crippen molar-refractivity contribution in [1.29, 1.82) is 0 Å². The molecule has 0 aromatic heterocycles. The quantitative estimate of drug-likeness (QED) is 0.598. The number of aliphatic hydroxyl groups excluding tert-OH is 1. The van der Waals surface area contributed by atoms with Crippen molar-refractivity contribution in [2.45, 2.75) is 52.8 Å². The first kappa shape index (κ1) is 23.4. The molecule has 1 aliphatic heterocycles. The summed E-state index contributed by atoms with van der Waals surface area (Å²) < 4.78 is 11.1. The van der Waals surface area contributed by atoms with Crippen LogP contribution in [-0.2, 0) is 16.1 Å². The lowest BCUT2D eigenvalue weighted by atomic mass is 9.92. The summed E-state index contributed by atoms with van der Waals surface area (Å²) in [5.41, 5.74) is 1.70. The Kier molecular flexibility index (Phi) is 7.23. The first-order valence-corrected chi connectivity index (χ1v) is 10.9. The molecule has 0 saturated carbocycles. The van der Waals surface area contributed by atoms with E-state index in [1.165, 1.54) is 4.90 Å². The highest BCUT2D eigenvalue weighted by Crippen LogP contribution is 2.40. The average Bonchev–Trinajstić information content (AvgIpc) is 2.98. The molecule has 2 aromatic carbocycles. The van der Waals surface area contributed by atoms with Crippen molar-refractivity contribution in [2.75, 3.05) is 7.11 Å². The fourth-order valence-electron chi connectivity index (χ4n) is 3.93. The van der Waals surface area contributed by atoms with Crippen LogP contribution >= 0.6 is 0 Å². The van der Waals surface area contributed by atoms with Gasteiger partial charge in [0.2, 0.25) is 0 Å². The lowest BCUT2D eigenvalue weighted by molar-refractivity contribution is -0.130. The highest BCUT2D eigenvalue weighted by Gasteiger charge is 2.43. The third kappa shape index (κ3) is 5.13. The van der Waals surface area contributed by atoms with Crippen molar-refractivity contribution in [3.05, 3.63) is 71.0 Å². The van der Waals surface area contributed by atoms with Gasteiger partial charge in [-0.1, -0.05) is 38.1 Å². The number of nitrogens with zero attached hydrogens (tertiary/aromatic N) is 1. The van der Waals surface area contributed by atoms with Crippen molar-refractivity contribution in [1.82, 2.24) is 4.90 Å². The third-order valence-corrected chi connectivity index (χ3v) is 5.23. The molecule has 1 amide bonds. The lowest BCUT2D eigenvalue weighted by Gasteiger charge is -2.27. The average molecular weight is 438 g/mol. The molecule has 6 nitrogen and oxygen atoms in total. The van der Waals surface area contributed by atoms with Gasteiger partial charge in [-0.2, -0.15) is 0 Å². The van der Waals surface area contributed by atoms with Gasteiger partial charge in [-0.05, 0) is 55.2 Å². The van der Waals surface area contributed by atoms with Gasteiger partial charge in [-0.3, -0.25) is 9.59 Å². The fraction of sp³-hybridized carbons (Fsp3) is 0.385. The van der Waals surface area contributed by atoms with Gasteiger partial charge in [0.15, 0.2) is 11.5 Å². The molecule has 3 rings (SSSR count). The summed E-state index contributed by atoms with van der Waals surface area (Å²) in [6.07, 6.45) is 0.271. The molecule has 1 atom stereocenters. The predicted octanol–water partition coefficient (Wildman–Crippen LogP) is 4.99. The number of rotatable bonds is 9. The Bertz CT molecular complexity index is 1020. The standard InChI is InChI=1S/C26H31NO5/c1-16(2)12-22(28)23-24(19-9-7-10-20(14-19)31-5)27(26(30)25(23)29)15-18-8-6-11-21(13-18)32-17(3)4/h6-11,13-14,16-17,24,29H,12,15H2,1-5H3. The van der Waals surface area contributed by atoms with Crippen LogP contribution in [-0.4, -0.2) is 34.9 Å². The van der Waals surface area contributed by atoms with Gasteiger partial charge in [0.25, 0.3) is 5.91 Å². The molecule has 0 spiro atoms. The van der Waals surface area contributed by atoms with E-state index in [1.807, 2.05) is 64.1 Å². The molecule has 0 aliphatic carbocycles. The summed E-state index contributed by atoms with van der Waals surface area (Å²) in [4.78, 5) is 27.7. The van der Waals surface area contributed by atoms with E-state index in [2.05, 4.69) is 0 Å². The lowest BCUT2D eigenvalue weighted by Crippen LogP contribution is -2.30. The van der Waals surface area contributed by atoms with Gasteiger partial charge in [0.05, 0.1) is 24.8 Å².